The Kier molecular flexibility index (Phi) is 5.27. The molecule has 0 aliphatic carbocycles. The molecule has 0 N–H and O–H groups in total. The Morgan fingerprint density at radius 1 is 0.905 bits per heavy atom. The number of aldehydes is 2. The number of hydrogen-bond donors (Lipinski definition) is 0. The molecule has 0 aliphatic heterocycles. The lowest BCUT2D eigenvalue weighted by Crippen LogP contribution is -2.18. The summed E-state index contributed by atoms with van der Waals surface area (Å²) >= 11 is 0. The Balaban J connectivity index is 2.41. The molecule has 0 bridgehead atoms. The summed E-state index contributed by atoms with van der Waals surface area (Å²) in [4.78, 5) is 24.2. The van der Waals surface area contributed by atoms with Gasteiger partial charge in [0.2, 0.25) is 0 Å². The lowest BCUT2D eigenvalue weighted by Gasteiger charge is -2.25. The van der Waals surface area contributed by atoms with Gasteiger partial charge in [0.15, 0.2) is 12.6 Å². The molecule has 0 amide bonds. The van der Waals surface area contributed by atoms with Gasteiger partial charge in [-0.3, -0.25) is 9.59 Å². The van der Waals surface area contributed by atoms with Gasteiger partial charge in [-0.15, -0.1) is 0 Å². The number of carbonyl (C=O) groups is 2. The first-order valence-corrected chi connectivity index (χ1v) is 7.17. The number of nitrogens with zero attached hydrogens (tertiary/aromatic N) is 1. The van der Waals surface area contributed by atoms with Gasteiger partial charge in [0.25, 0.3) is 0 Å². The summed E-state index contributed by atoms with van der Waals surface area (Å²) in [6.07, 6.45) is 3.60. The second kappa shape index (κ2) is 7.39. The Bertz CT molecular complexity index is 608. The van der Waals surface area contributed by atoms with E-state index in [1.807, 2.05) is 36.4 Å². The van der Waals surface area contributed by atoms with E-state index in [0.717, 1.165) is 37.0 Å². The van der Waals surface area contributed by atoms with Crippen LogP contribution in [0.2, 0.25) is 0 Å². The van der Waals surface area contributed by atoms with Gasteiger partial charge in [-0.1, -0.05) is 31.5 Å². The van der Waals surface area contributed by atoms with E-state index in [1.165, 1.54) is 0 Å². The molecule has 0 radical (unpaired) electrons. The van der Waals surface area contributed by atoms with Crippen LogP contribution in [0.25, 0.3) is 0 Å². The molecule has 2 aromatic rings. The third-order valence-corrected chi connectivity index (χ3v) is 3.44. The Morgan fingerprint density at radius 2 is 1.62 bits per heavy atom. The molecule has 0 atom stereocenters. The highest BCUT2D eigenvalue weighted by molar-refractivity contribution is 5.92. The molecule has 0 saturated carbocycles. The molecule has 108 valence electrons. The van der Waals surface area contributed by atoms with E-state index in [9.17, 15) is 9.59 Å². The summed E-state index contributed by atoms with van der Waals surface area (Å²) in [5, 5.41) is 0. The van der Waals surface area contributed by atoms with Crippen molar-refractivity contribution in [3.8, 4) is 0 Å². The number of benzene rings is 2. The van der Waals surface area contributed by atoms with Crippen LogP contribution in [0, 0.1) is 0 Å². The van der Waals surface area contributed by atoms with Crippen molar-refractivity contribution >= 4 is 23.9 Å². The van der Waals surface area contributed by atoms with Crippen LogP contribution in [-0.2, 0) is 0 Å². The highest BCUT2D eigenvalue weighted by Gasteiger charge is 2.11. The van der Waals surface area contributed by atoms with Crippen molar-refractivity contribution in [2.24, 2.45) is 0 Å². The lowest BCUT2D eigenvalue weighted by molar-refractivity contribution is 0.109. The number of hydrogen-bond acceptors (Lipinski definition) is 3. The van der Waals surface area contributed by atoms with E-state index in [0.29, 0.717) is 17.4 Å². The van der Waals surface area contributed by atoms with E-state index in [1.54, 1.807) is 12.1 Å². The number of para-hydroxylation sites is 1. The minimum absolute atomic E-state index is 0.428. The molecule has 3 nitrogen and oxygen atoms in total. The number of anilines is 2. The van der Waals surface area contributed by atoms with Crippen LogP contribution in [0.1, 0.15) is 40.5 Å². The van der Waals surface area contributed by atoms with Crippen molar-refractivity contribution in [3.63, 3.8) is 0 Å². The number of carbonyl (C=O) groups excluding carboxylic acids is 2. The van der Waals surface area contributed by atoms with Gasteiger partial charge in [-0.2, -0.15) is 0 Å². The van der Waals surface area contributed by atoms with Gasteiger partial charge in [0.05, 0.1) is 0 Å². The van der Waals surface area contributed by atoms with Gasteiger partial charge >= 0.3 is 0 Å². The highest BCUT2D eigenvalue weighted by atomic mass is 16.1. The maximum Gasteiger partial charge on any atom is 0.150 e. The highest BCUT2D eigenvalue weighted by Crippen LogP contribution is 2.27. The first-order chi connectivity index (χ1) is 10.3. The molecule has 0 spiro atoms. The molecule has 0 heterocycles. The third-order valence-electron chi connectivity index (χ3n) is 3.44. The van der Waals surface area contributed by atoms with E-state index >= 15 is 0 Å². The molecule has 0 aliphatic rings. The van der Waals surface area contributed by atoms with Crippen molar-refractivity contribution in [1.29, 1.82) is 0 Å². The molecule has 2 rings (SSSR count). The fraction of sp³-hybridized carbons (Fsp3) is 0.222. The summed E-state index contributed by atoms with van der Waals surface area (Å²) in [6.45, 7) is 3.02. The fourth-order valence-electron chi connectivity index (χ4n) is 2.27. The molecule has 0 aromatic heterocycles. The van der Waals surface area contributed by atoms with Crippen LogP contribution in [-0.4, -0.2) is 19.1 Å². The molecule has 21 heavy (non-hydrogen) atoms. The monoisotopic (exact) mass is 281 g/mol. The van der Waals surface area contributed by atoms with Crippen molar-refractivity contribution in [2.45, 2.75) is 19.8 Å². The minimum atomic E-state index is 0.428. The zero-order chi connectivity index (χ0) is 15.1. The Hall–Kier alpha value is -2.42. The number of unbranched alkanes of at least 4 members (excludes halogenated alkanes) is 1. The quantitative estimate of drug-likeness (QED) is 0.712. The van der Waals surface area contributed by atoms with E-state index in [2.05, 4.69) is 11.8 Å². The zero-order valence-electron chi connectivity index (χ0n) is 12.2. The molecule has 3 heteroatoms. The maximum absolute atomic E-state index is 11.1. The van der Waals surface area contributed by atoms with E-state index in [4.69, 9.17) is 0 Å². The molecule has 2 aromatic carbocycles. The van der Waals surface area contributed by atoms with Crippen LogP contribution in [0.5, 0.6) is 0 Å². The minimum Gasteiger partial charge on any atom is -0.341 e. The summed E-state index contributed by atoms with van der Waals surface area (Å²) in [6, 6.07) is 15.4. The van der Waals surface area contributed by atoms with Crippen molar-refractivity contribution in [1.82, 2.24) is 0 Å². The first-order valence-electron chi connectivity index (χ1n) is 7.17. The second-order valence-electron chi connectivity index (χ2n) is 4.89. The third kappa shape index (κ3) is 3.57. The van der Waals surface area contributed by atoms with E-state index in [-0.39, 0.29) is 0 Å². The van der Waals surface area contributed by atoms with E-state index < -0.39 is 0 Å². The average molecular weight is 281 g/mol. The van der Waals surface area contributed by atoms with Crippen molar-refractivity contribution < 1.29 is 9.59 Å². The van der Waals surface area contributed by atoms with Crippen LogP contribution >= 0.6 is 0 Å². The van der Waals surface area contributed by atoms with Gasteiger partial charge < -0.3 is 4.90 Å². The molecule has 0 saturated heterocycles. The zero-order valence-corrected chi connectivity index (χ0v) is 12.2. The maximum atomic E-state index is 11.1. The standard InChI is InChI=1S/C18H19NO2/c1-2-3-11-19(17-7-5-4-6-8-17)18-10-9-15(13-20)16(12-18)14-21/h4-10,12-14H,2-3,11H2,1H3. The Morgan fingerprint density at radius 3 is 2.24 bits per heavy atom. The molecule has 0 fully saturated rings. The van der Waals surface area contributed by atoms with Gasteiger partial charge in [-0.25, -0.2) is 0 Å². The van der Waals surface area contributed by atoms with Crippen molar-refractivity contribution in [3.05, 3.63) is 59.7 Å². The predicted octanol–water partition coefficient (Wildman–Crippen LogP) is 4.25. The van der Waals surface area contributed by atoms with Crippen LogP contribution < -0.4 is 4.90 Å². The summed E-state index contributed by atoms with van der Waals surface area (Å²) in [5.74, 6) is 0. The lowest BCUT2D eigenvalue weighted by atomic mass is 10.1. The topological polar surface area (TPSA) is 37.4 Å². The number of rotatable bonds is 7. The van der Waals surface area contributed by atoms with Crippen molar-refractivity contribution in [2.75, 3.05) is 11.4 Å². The molecule has 0 unspecified atom stereocenters. The van der Waals surface area contributed by atoms with Crippen LogP contribution in [0.15, 0.2) is 48.5 Å². The van der Waals surface area contributed by atoms with Gasteiger partial charge in [0, 0.05) is 29.0 Å². The van der Waals surface area contributed by atoms with Crippen LogP contribution in [0.3, 0.4) is 0 Å². The van der Waals surface area contributed by atoms with Gasteiger partial charge in [-0.05, 0) is 36.8 Å². The van der Waals surface area contributed by atoms with Gasteiger partial charge in [0.1, 0.15) is 0 Å². The summed E-state index contributed by atoms with van der Waals surface area (Å²) < 4.78 is 0. The smallest absolute Gasteiger partial charge is 0.150 e. The SMILES string of the molecule is CCCCN(c1ccccc1)c1ccc(C=O)c(C=O)c1. The summed E-state index contributed by atoms with van der Waals surface area (Å²) in [7, 11) is 0. The summed E-state index contributed by atoms with van der Waals surface area (Å²) in [5.41, 5.74) is 2.88. The largest absolute Gasteiger partial charge is 0.341 e. The molecular weight excluding hydrogens is 262 g/mol. The normalized spacial score (nSPS) is 10.1. The fourth-order valence-corrected chi connectivity index (χ4v) is 2.27. The second-order valence-corrected chi connectivity index (χ2v) is 4.89. The molecular formula is C18H19NO2. The Labute approximate surface area is 125 Å². The average Bonchev–Trinajstić information content (AvgIpc) is 2.56. The predicted molar refractivity (Wildman–Crippen MR) is 85.6 cm³/mol. The van der Waals surface area contributed by atoms with Crippen LogP contribution in [0.4, 0.5) is 11.4 Å². The first kappa shape index (κ1) is 15.0.